The van der Waals surface area contributed by atoms with E-state index in [1.165, 1.54) is 22.3 Å². The molecule has 142 valence electrons. The number of carbonyl (C=O) groups excluding carboxylic acids is 1. The van der Waals surface area contributed by atoms with Gasteiger partial charge in [-0.25, -0.2) is 4.79 Å². The van der Waals surface area contributed by atoms with Gasteiger partial charge in [-0.2, -0.15) is 0 Å². The van der Waals surface area contributed by atoms with E-state index in [0.29, 0.717) is 12.0 Å². The minimum absolute atomic E-state index is 0.0335. The summed E-state index contributed by atoms with van der Waals surface area (Å²) in [5, 5.41) is 6.65. The number of benzene rings is 2. The van der Waals surface area contributed by atoms with Crippen LogP contribution >= 0.6 is 0 Å². The molecule has 1 aliphatic carbocycles. The topological polar surface area (TPSA) is 44.4 Å². The maximum absolute atomic E-state index is 12.4. The Bertz CT molecular complexity index is 779. The molecule has 1 heterocycles. The van der Waals surface area contributed by atoms with E-state index in [2.05, 4.69) is 59.2 Å². The van der Waals surface area contributed by atoms with Gasteiger partial charge in [0.1, 0.15) is 0 Å². The molecule has 0 saturated carbocycles. The summed E-state index contributed by atoms with van der Waals surface area (Å²) in [5.41, 5.74) is 5.73. The Morgan fingerprint density at radius 1 is 1.00 bits per heavy atom. The van der Waals surface area contributed by atoms with Gasteiger partial charge >= 0.3 is 6.03 Å². The van der Waals surface area contributed by atoms with Crippen molar-refractivity contribution in [3.63, 3.8) is 0 Å². The molecule has 27 heavy (non-hydrogen) atoms. The lowest BCUT2D eigenvalue weighted by Gasteiger charge is -2.30. The van der Waals surface area contributed by atoms with E-state index in [-0.39, 0.29) is 6.03 Å². The summed E-state index contributed by atoms with van der Waals surface area (Å²) in [4.78, 5) is 14.3. The number of fused-ring (bicyclic) bond motifs is 2. The van der Waals surface area contributed by atoms with E-state index in [9.17, 15) is 4.79 Å². The first kappa shape index (κ1) is 18.1. The zero-order chi connectivity index (χ0) is 18.6. The van der Waals surface area contributed by atoms with Crippen LogP contribution < -0.4 is 10.6 Å². The molecule has 2 aromatic rings. The van der Waals surface area contributed by atoms with Crippen LogP contribution in [0.4, 0.5) is 4.79 Å². The zero-order valence-electron chi connectivity index (χ0n) is 16.1. The highest BCUT2D eigenvalue weighted by molar-refractivity contribution is 5.73. The maximum Gasteiger partial charge on any atom is 0.317 e. The molecule has 0 fully saturated rings. The Labute approximate surface area is 162 Å². The smallest absolute Gasteiger partial charge is 0.317 e. The van der Waals surface area contributed by atoms with Crippen LogP contribution in [-0.4, -0.2) is 37.1 Å². The summed E-state index contributed by atoms with van der Waals surface area (Å²) in [6.45, 7) is 2.37. The third kappa shape index (κ3) is 4.33. The standard InChI is InChI=1S/C23H29N3O/c1-26(16-22-14-20-8-4-5-9-21(20)15-25-22)23(27)24-11-10-17-12-18-6-2-3-7-19(18)13-17/h2-9,17,22,25H,10-16H2,1H3,(H,24,27). The quantitative estimate of drug-likeness (QED) is 0.857. The first-order valence-electron chi connectivity index (χ1n) is 10.0. The largest absolute Gasteiger partial charge is 0.338 e. The van der Waals surface area contributed by atoms with Crippen LogP contribution in [0.25, 0.3) is 0 Å². The van der Waals surface area contributed by atoms with E-state index < -0.39 is 0 Å². The maximum atomic E-state index is 12.4. The van der Waals surface area contributed by atoms with Gasteiger partial charge in [0.2, 0.25) is 0 Å². The van der Waals surface area contributed by atoms with Crippen molar-refractivity contribution in [3.05, 3.63) is 70.8 Å². The van der Waals surface area contributed by atoms with Crippen molar-refractivity contribution in [2.75, 3.05) is 20.1 Å². The van der Waals surface area contributed by atoms with Gasteiger partial charge < -0.3 is 15.5 Å². The predicted molar refractivity (Wildman–Crippen MR) is 109 cm³/mol. The molecule has 4 heteroatoms. The fourth-order valence-electron chi connectivity index (χ4n) is 4.44. The van der Waals surface area contributed by atoms with Crippen molar-refractivity contribution in [1.82, 2.24) is 15.5 Å². The van der Waals surface area contributed by atoms with Gasteiger partial charge in [-0.1, -0.05) is 48.5 Å². The molecule has 1 unspecified atom stereocenters. The van der Waals surface area contributed by atoms with Gasteiger partial charge in [0.05, 0.1) is 0 Å². The van der Waals surface area contributed by atoms with Crippen LogP contribution in [0, 0.1) is 5.92 Å². The summed E-state index contributed by atoms with van der Waals surface area (Å²) in [6, 6.07) is 17.6. The second-order valence-electron chi connectivity index (χ2n) is 7.99. The lowest BCUT2D eigenvalue weighted by molar-refractivity contribution is 0.201. The number of rotatable bonds is 5. The molecule has 2 amide bonds. The van der Waals surface area contributed by atoms with Crippen molar-refractivity contribution in [2.45, 2.75) is 38.3 Å². The van der Waals surface area contributed by atoms with Crippen LogP contribution in [0.3, 0.4) is 0 Å². The van der Waals surface area contributed by atoms with E-state index in [0.717, 1.165) is 45.3 Å². The summed E-state index contributed by atoms with van der Waals surface area (Å²) >= 11 is 0. The fraction of sp³-hybridized carbons (Fsp3) is 0.435. The van der Waals surface area contributed by atoms with Crippen LogP contribution in [0.1, 0.15) is 28.7 Å². The molecule has 4 rings (SSSR count). The Balaban J connectivity index is 1.19. The summed E-state index contributed by atoms with van der Waals surface area (Å²) in [7, 11) is 1.89. The highest BCUT2D eigenvalue weighted by Gasteiger charge is 2.22. The number of hydrogen-bond acceptors (Lipinski definition) is 2. The minimum atomic E-state index is 0.0335. The molecule has 0 radical (unpaired) electrons. The average Bonchev–Trinajstić information content (AvgIpc) is 3.10. The van der Waals surface area contributed by atoms with Gasteiger partial charge in [-0.15, -0.1) is 0 Å². The zero-order valence-corrected chi connectivity index (χ0v) is 16.1. The number of carbonyl (C=O) groups is 1. The number of hydrogen-bond donors (Lipinski definition) is 2. The Morgan fingerprint density at radius 3 is 2.26 bits per heavy atom. The Kier molecular flexibility index (Phi) is 5.44. The van der Waals surface area contributed by atoms with Gasteiger partial charge in [0.25, 0.3) is 0 Å². The third-order valence-corrected chi connectivity index (χ3v) is 5.97. The summed E-state index contributed by atoms with van der Waals surface area (Å²) in [5.74, 6) is 0.657. The minimum Gasteiger partial charge on any atom is -0.338 e. The molecule has 2 aliphatic rings. The predicted octanol–water partition coefficient (Wildman–Crippen LogP) is 3.15. The highest BCUT2D eigenvalue weighted by atomic mass is 16.2. The van der Waals surface area contributed by atoms with Gasteiger partial charge in [-0.3, -0.25) is 0 Å². The van der Waals surface area contributed by atoms with Crippen molar-refractivity contribution in [3.8, 4) is 0 Å². The van der Waals surface area contributed by atoms with Crippen molar-refractivity contribution < 1.29 is 4.79 Å². The molecule has 2 N–H and O–H groups in total. The van der Waals surface area contributed by atoms with Crippen LogP contribution in [-0.2, 0) is 25.8 Å². The second kappa shape index (κ2) is 8.13. The van der Waals surface area contributed by atoms with Crippen molar-refractivity contribution >= 4 is 6.03 Å². The fourth-order valence-corrected chi connectivity index (χ4v) is 4.44. The summed E-state index contributed by atoms with van der Waals surface area (Å²) < 4.78 is 0. The van der Waals surface area contributed by atoms with E-state index in [1.54, 1.807) is 0 Å². The van der Waals surface area contributed by atoms with E-state index in [4.69, 9.17) is 0 Å². The third-order valence-electron chi connectivity index (χ3n) is 5.97. The molecule has 2 aromatic carbocycles. The first-order valence-corrected chi connectivity index (χ1v) is 10.0. The number of urea groups is 1. The molecule has 4 nitrogen and oxygen atoms in total. The molecular formula is C23H29N3O. The molecule has 0 bridgehead atoms. The molecular weight excluding hydrogens is 334 g/mol. The number of nitrogens with zero attached hydrogens (tertiary/aromatic N) is 1. The van der Waals surface area contributed by atoms with Gasteiger partial charge in [-0.05, 0) is 53.9 Å². The molecule has 1 aliphatic heterocycles. The number of likely N-dealkylation sites (N-methyl/N-ethyl adjacent to an activating group) is 1. The monoisotopic (exact) mass is 363 g/mol. The number of amides is 2. The normalized spacial score (nSPS) is 18.6. The summed E-state index contributed by atoms with van der Waals surface area (Å²) in [6.07, 6.45) is 4.32. The van der Waals surface area contributed by atoms with Crippen LogP contribution in [0.5, 0.6) is 0 Å². The SMILES string of the molecule is CN(CC1Cc2ccccc2CN1)C(=O)NCCC1Cc2ccccc2C1. The van der Waals surface area contributed by atoms with Crippen LogP contribution in [0.15, 0.2) is 48.5 Å². The highest BCUT2D eigenvalue weighted by Crippen LogP contribution is 2.28. The van der Waals surface area contributed by atoms with Crippen molar-refractivity contribution in [2.24, 2.45) is 5.92 Å². The molecule has 0 saturated heterocycles. The lowest BCUT2D eigenvalue weighted by atomic mass is 9.96. The van der Waals surface area contributed by atoms with Crippen molar-refractivity contribution in [1.29, 1.82) is 0 Å². The molecule has 1 atom stereocenters. The van der Waals surface area contributed by atoms with E-state index >= 15 is 0 Å². The Hall–Kier alpha value is -2.33. The molecule has 0 aromatic heterocycles. The second-order valence-corrected chi connectivity index (χ2v) is 7.99. The van der Waals surface area contributed by atoms with Gasteiger partial charge in [0, 0.05) is 32.7 Å². The van der Waals surface area contributed by atoms with E-state index in [1.807, 2.05) is 11.9 Å². The molecule has 0 spiro atoms. The van der Waals surface area contributed by atoms with Crippen LogP contribution in [0.2, 0.25) is 0 Å². The number of nitrogens with one attached hydrogen (secondary N) is 2. The first-order chi connectivity index (χ1) is 13.2. The average molecular weight is 364 g/mol. The lowest BCUT2D eigenvalue weighted by Crippen LogP contribution is -2.48. The van der Waals surface area contributed by atoms with Gasteiger partial charge in [0.15, 0.2) is 0 Å². The Morgan fingerprint density at radius 2 is 1.59 bits per heavy atom.